The van der Waals surface area contributed by atoms with Crippen molar-refractivity contribution in [3.05, 3.63) is 82.0 Å². The van der Waals surface area contributed by atoms with Crippen LogP contribution >= 0.6 is 11.6 Å². The lowest BCUT2D eigenvalue weighted by Crippen LogP contribution is -2.39. The number of amides is 1. The Kier molecular flexibility index (Phi) is 5.27. The lowest BCUT2D eigenvalue weighted by Gasteiger charge is -2.33. The molecule has 2 N–H and O–H groups in total. The van der Waals surface area contributed by atoms with Gasteiger partial charge >= 0.3 is 12.3 Å². The van der Waals surface area contributed by atoms with Gasteiger partial charge < -0.3 is 24.6 Å². The molecule has 0 unspecified atom stereocenters. The van der Waals surface area contributed by atoms with E-state index in [1.807, 2.05) is 0 Å². The maximum absolute atomic E-state index is 13.6. The molecule has 6 rings (SSSR count). The number of nitrogens with zero attached hydrogens (tertiary/aromatic N) is 1. The van der Waals surface area contributed by atoms with Crippen LogP contribution in [0, 0.1) is 0 Å². The number of nitrogens with one attached hydrogen (secondary N) is 1. The molecule has 0 spiro atoms. The molecule has 0 saturated heterocycles. The molecular formula is C26H19ClF2N2O6. The van der Waals surface area contributed by atoms with Crippen LogP contribution in [-0.4, -0.2) is 28.3 Å². The van der Waals surface area contributed by atoms with Gasteiger partial charge in [-0.1, -0.05) is 29.8 Å². The third kappa shape index (κ3) is 4.21. The minimum Gasteiger partial charge on any atom is -0.478 e. The topological polar surface area (TPSA) is 107 Å². The summed E-state index contributed by atoms with van der Waals surface area (Å²) in [5.74, 6) is -1.30. The van der Waals surface area contributed by atoms with Crippen molar-refractivity contribution in [3.63, 3.8) is 0 Å². The smallest absolute Gasteiger partial charge is 0.478 e. The molecular weight excluding hydrogens is 510 g/mol. The summed E-state index contributed by atoms with van der Waals surface area (Å²) < 4.78 is 42.1. The zero-order valence-electron chi connectivity index (χ0n) is 19.0. The van der Waals surface area contributed by atoms with Gasteiger partial charge in [-0.2, -0.15) is 0 Å². The summed E-state index contributed by atoms with van der Waals surface area (Å²) in [7, 11) is 0. The second-order valence-corrected chi connectivity index (χ2v) is 9.63. The summed E-state index contributed by atoms with van der Waals surface area (Å²) in [6.45, 7) is 0. The predicted molar refractivity (Wildman–Crippen MR) is 125 cm³/mol. The summed E-state index contributed by atoms with van der Waals surface area (Å²) in [5, 5.41) is 12.7. The highest BCUT2D eigenvalue weighted by Crippen LogP contribution is 2.52. The van der Waals surface area contributed by atoms with Gasteiger partial charge in [0.25, 0.3) is 0 Å². The predicted octanol–water partition coefficient (Wildman–Crippen LogP) is 5.17. The first-order valence-corrected chi connectivity index (χ1v) is 11.9. The van der Waals surface area contributed by atoms with E-state index in [2.05, 4.69) is 19.8 Å². The number of ether oxygens (including phenoxy) is 3. The molecule has 2 aromatic carbocycles. The van der Waals surface area contributed by atoms with Gasteiger partial charge in [0.15, 0.2) is 11.5 Å². The fraction of sp³-hybridized carbons (Fsp3) is 0.269. The minimum atomic E-state index is -3.74. The second-order valence-electron chi connectivity index (χ2n) is 9.24. The Hall–Kier alpha value is -3.92. The Labute approximate surface area is 214 Å². The van der Waals surface area contributed by atoms with E-state index in [0.717, 1.165) is 0 Å². The van der Waals surface area contributed by atoms with E-state index in [0.29, 0.717) is 36.0 Å². The third-order valence-electron chi connectivity index (χ3n) is 6.88. The molecule has 0 bridgehead atoms. The standard InChI is InChI=1S/C26H19ClF2N2O6/c27-21-7-5-16-17(12-19(35-22(16)31-21)13-2-1-3-14(10-13)23(32)33)30-24(34)25(8-9-25)15-4-6-18-20(11-15)37-26(28,29)36-18/h1-7,10-11,17,19H,8-9,12H2,(H,30,34)(H,32,33)/t17-,19-/m1/s1. The average Bonchev–Trinajstić information content (AvgIpc) is 3.60. The van der Waals surface area contributed by atoms with Crippen LogP contribution in [0.2, 0.25) is 5.15 Å². The molecule has 190 valence electrons. The maximum Gasteiger partial charge on any atom is 0.586 e. The van der Waals surface area contributed by atoms with Gasteiger partial charge in [-0.3, -0.25) is 4.79 Å². The molecule has 11 heteroatoms. The van der Waals surface area contributed by atoms with Gasteiger partial charge in [0.05, 0.1) is 17.0 Å². The van der Waals surface area contributed by atoms with Crippen molar-refractivity contribution >= 4 is 23.5 Å². The quantitative estimate of drug-likeness (QED) is 0.440. The van der Waals surface area contributed by atoms with E-state index in [-0.39, 0.29) is 34.0 Å². The van der Waals surface area contributed by atoms with E-state index in [9.17, 15) is 23.5 Å². The fourth-order valence-corrected chi connectivity index (χ4v) is 4.98. The maximum atomic E-state index is 13.6. The Bertz CT molecular complexity index is 1440. The fourth-order valence-electron chi connectivity index (χ4n) is 4.84. The summed E-state index contributed by atoms with van der Waals surface area (Å²) in [5.41, 5.74) is 1.01. The van der Waals surface area contributed by atoms with Crippen molar-refractivity contribution in [2.24, 2.45) is 0 Å². The van der Waals surface area contributed by atoms with Gasteiger partial charge in [-0.05, 0) is 60.4 Å². The number of carboxylic acid groups (broad SMARTS) is 1. The van der Waals surface area contributed by atoms with Gasteiger partial charge in [0, 0.05) is 12.0 Å². The second kappa shape index (κ2) is 8.31. The van der Waals surface area contributed by atoms with Gasteiger partial charge in [-0.25, -0.2) is 9.78 Å². The van der Waals surface area contributed by atoms with Crippen molar-refractivity contribution in [3.8, 4) is 17.4 Å². The summed E-state index contributed by atoms with van der Waals surface area (Å²) in [6, 6.07) is 13.6. The molecule has 1 saturated carbocycles. The molecule has 3 heterocycles. The summed E-state index contributed by atoms with van der Waals surface area (Å²) in [6.07, 6.45) is -2.95. The highest BCUT2D eigenvalue weighted by Gasteiger charge is 2.53. The number of fused-ring (bicyclic) bond motifs is 2. The van der Waals surface area contributed by atoms with Crippen LogP contribution in [0.1, 0.15) is 58.5 Å². The number of halogens is 3. The first kappa shape index (κ1) is 23.5. The molecule has 37 heavy (non-hydrogen) atoms. The van der Waals surface area contributed by atoms with E-state index in [1.54, 1.807) is 30.3 Å². The minimum absolute atomic E-state index is 0.0855. The molecule has 1 amide bonds. The molecule has 8 nitrogen and oxygen atoms in total. The Balaban J connectivity index is 1.29. The van der Waals surface area contributed by atoms with Crippen molar-refractivity contribution < 1.29 is 37.7 Å². The van der Waals surface area contributed by atoms with Gasteiger partial charge in [-0.15, -0.1) is 8.78 Å². The average molecular weight is 529 g/mol. The monoisotopic (exact) mass is 528 g/mol. The van der Waals surface area contributed by atoms with Crippen molar-refractivity contribution in [2.45, 2.75) is 43.1 Å². The van der Waals surface area contributed by atoms with Crippen LogP contribution in [0.15, 0.2) is 54.6 Å². The van der Waals surface area contributed by atoms with E-state index in [1.165, 1.54) is 24.3 Å². The molecule has 1 aliphatic carbocycles. The number of hydrogen-bond acceptors (Lipinski definition) is 6. The molecule has 3 aliphatic rings. The Morgan fingerprint density at radius 3 is 2.59 bits per heavy atom. The Morgan fingerprint density at radius 2 is 1.84 bits per heavy atom. The van der Waals surface area contributed by atoms with Crippen LogP contribution in [0.4, 0.5) is 8.78 Å². The normalized spacial score (nSPS) is 21.9. The highest BCUT2D eigenvalue weighted by molar-refractivity contribution is 6.29. The number of rotatable bonds is 5. The number of carboxylic acids is 1. The number of benzene rings is 2. The van der Waals surface area contributed by atoms with Gasteiger partial charge in [0.1, 0.15) is 11.3 Å². The number of aromatic carboxylic acids is 1. The van der Waals surface area contributed by atoms with Crippen LogP contribution in [-0.2, 0) is 10.2 Å². The number of alkyl halides is 2. The number of pyridine rings is 1. The molecule has 1 aromatic heterocycles. The van der Waals surface area contributed by atoms with Gasteiger partial charge in [0.2, 0.25) is 11.8 Å². The molecule has 2 aliphatic heterocycles. The van der Waals surface area contributed by atoms with E-state index < -0.39 is 29.8 Å². The first-order chi connectivity index (χ1) is 17.6. The molecule has 1 fully saturated rings. The number of carbonyl (C=O) groups excluding carboxylic acids is 1. The van der Waals surface area contributed by atoms with E-state index >= 15 is 0 Å². The third-order valence-corrected chi connectivity index (χ3v) is 7.09. The number of aromatic nitrogens is 1. The Morgan fingerprint density at radius 1 is 1.05 bits per heavy atom. The van der Waals surface area contributed by atoms with Crippen LogP contribution in [0.25, 0.3) is 0 Å². The van der Waals surface area contributed by atoms with Crippen LogP contribution < -0.4 is 19.5 Å². The van der Waals surface area contributed by atoms with Crippen LogP contribution in [0.3, 0.4) is 0 Å². The highest BCUT2D eigenvalue weighted by atomic mass is 35.5. The molecule has 3 aromatic rings. The van der Waals surface area contributed by atoms with Crippen molar-refractivity contribution in [1.82, 2.24) is 10.3 Å². The molecule has 2 atom stereocenters. The summed E-state index contributed by atoms with van der Waals surface area (Å²) >= 11 is 6.09. The van der Waals surface area contributed by atoms with E-state index in [4.69, 9.17) is 16.3 Å². The molecule has 0 radical (unpaired) electrons. The lowest BCUT2D eigenvalue weighted by atomic mass is 9.91. The van der Waals surface area contributed by atoms with Crippen molar-refractivity contribution in [2.75, 3.05) is 0 Å². The number of hydrogen-bond donors (Lipinski definition) is 2. The first-order valence-electron chi connectivity index (χ1n) is 11.5. The number of carbonyl (C=O) groups is 2. The lowest BCUT2D eigenvalue weighted by molar-refractivity contribution is -0.286. The zero-order valence-corrected chi connectivity index (χ0v) is 19.8. The zero-order chi connectivity index (χ0) is 25.9. The largest absolute Gasteiger partial charge is 0.586 e. The summed E-state index contributed by atoms with van der Waals surface area (Å²) in [4.78, 5) is 29.3. The van der Waals surface area contributed by atoms with Crippen LogP contribution in [0.5, 0.6) is 17.4 Å². The SMILES string of the molecule is O=C(O)c1cccc([C@H]2C[C@@H](NC(=O)C3(c4ccc5c(c4)OC(F)(F)O5)CC3)c3ccc(Cl)nc3O2)c1. The van der Waals surface area contributed by atoms with Crippen molar-refractivity contribution in [1.29, 1.82) is 0 Å².